The lowest BCUT2D eigenvalue weighted by Gasteiger charge is -2.41. The van der Waals surface area contributed by atoms with Crippen LogP contribution in [0.15, 0.2) is 72.1 Å². The molecule has 3 N–H and O–H groups in total. The Morgan fingerprint density at radius 1 is 1.19 bits per heavy atom. The molecule has 2 aromatic carbocycles. The van der Waals surface area contributed by atoms with E-state index in [1.54, 1.807) is 12.1 Å². The van der Waals surface area contributed by atoms with E-state index in [9.17, 15) is 18.0 Å². The molecule has 0 atom stereocenters. The summed E-state index contributed by atoms with van der Waals surface area (Å²) in [5.74, 6) is -0.146. The van der Waals surface area contributed by atoms with Crippen molar-refractivity contribution in [1.82, 2.24) is 30.8 Å². The topological polar surface area (TPSA) is 98.8 Å². The molecule has 42 heavy (non-hydrogen) atoms. The zero-order valence-electron chi connectivity index (χ0n) is 23.6. The fourth-order valence-corrected chi connectivity index (χ4v) is 5.03. The average molecular weight is 578 g/mol. The van der Waals surface area contributed by atoms with E-state index >= 15 is 0 Å². The molecule has 0 radical (unpaired) electrons. The van der Waals surface area contributed by atoms with Gasteiger partial charge in [0, 0.05) is 37.1 Å². The first-order valence-electron chi connectivity index (χ1n) is 13.8. The number of para-hydroxylation sites is 1. The number of hydrogen-bond acceptors (Lipinski definition) is 5. The van der Waals surface area contributed by atoms with Gasteiger partial charge in [0.2, 0.25) is 11.7 Å². The molecule has 0 spiro atoms. The molecule has 8 nitrogen and oxygen atoms in total. The van der Waals surface area contributed by atoms with Crippen LogP contribution in [0.2, 0.25) is 0 Å². The lowest BCUT2D eigenvalue weighted by atomic mass is 9.90. The number of aromatic nitrogens is 4. The van der Waals surface area contributed by atoms with Crippen LogP contribution in [-0.4, -0.2) is 50.1 Å². The number of aromatic amines is 1. The minimum atomic E-state index is -2.70. The summed E-state index contributed by atoms with van der Waals surface area (Å²) in [6.45, 7) is 4.58. The molecule has 220 valence electrons. The summed E-state index contributed by atoms with van der Waals surface area (Å²) in [6, 6.07) is 12.4. The molecule has 1 heterocycles. The quantitative estimate of drug-likeness (QED) is 0.194. The highest BCUT2D eigenvalue weighted by atomic mass is 19.3. The van der Waals surface area contributed by atoms with E-state index in [1.807, 2.05) is 43.0 Å². The number of allylic oxidation sites excluding steroid dienone is 2. The maximum Gasteiger partial charge on any atom is 0.323 e. The predicted molar refractivity (Wildman–Crippen MR) is 156 cm³/mol. The number of halogens is 3. The average Bonchev–Trinajstić information content (AvgIpc) is 3.49. The second-order valence-electron chi connectivity index (χ2n) is 10.6. The van der Waals surface area contributed by atoms with Crippen LogP contribution in [0.1, 0.15) is 45.1 Å². The highest BCUT2D eigenvalue weighted by Gasteiger charge is 2.38. The number of hydrogen-bond donors (Lipinski definition) is 3. The minimum absolute atomic E-state index is 0.00725. The van der Waals surface area contributed by atoms with Gasteiger partial charge in [-0.05, 0) is 48.1 Å². The smallest absolute Gasteiger partial charge is 0.323 e. The van der Waals surface area contributed by atoms with Crippen molar-refractivity contribution in [3.63, 3.8) is 0 Å². The van der Waals surface area contributed by atoms with Crippen LogP contribution in [0.5, 0.6) is 0 Å². The first-order chi connectivity index (χ1) is 20.2. The van der Waals surface area contributed by atoms with Gasteiger partial charge in [0.15, 0.2) is 0 Å². The summed E-state index contributed by atoms with van der Waals surface area (Å²) in [7, 11) is 0. The third-order valence-electron chi connectivity index (χ3n) is 6.99. The highest BCUT2D eigenvalue weighted by molar-refractivity contribution is 5.91. The SMILES string of the molecule is C#C/C=C(\C(=C/Cc1ccccc1-c1nn[nH]n1)NC(=O)Nc1ccccc1F)N(CC(C)C)C1CCC(F)(F)CC1. The number of tetrazole rings is 1. The fraction of sp³-hybridized carbons (Fsp3) is 0.355. The van der Waals surface area contributed by atoms with Crippen LogP contribution in [-0.2, 0) is 6.42 Å². The van der Waals surface area contributed by atoms with Gasteiger partial charge in [-0.15, -0.1) is 16.6 Å². The molecule has 1 fully saturated rings. The van der Waals surface area contributed by atoms with Gasteiger partial charge < -0.3 is 15.5 Å². The van der Waals surface area contributed by atoms with Crippen molar-refractivity contribution in [3.05, 3.63) is 83.5 Å². The Morgan fingerprint density at radius 3 is 2.57 bits per heavy atom. The monoisotopic (exact) mass is 577 g/mol. The third kappa shape index (κ3) is 8.00. The number of amides is 2. The first-order valence-corrected chi connectivity index (χ1v) is 13.8. The van der Waals surface area contributed by atoms with Crippen LogP contribution in [0, 0.1) is 24.1 Å². The van der Waals surface area contributed by atoms with Crippen LogP contribution in [0.3, 0.4) is 0 Å². The number of urea groups is 1. The Labute approximate surface area is 243 Å². The highest BCUT2D eigenvalue weighted by Crippen LogP contribution is 2.37. The lowest BCUT2D eigenvalue weighted by molar-refractivity contribution is -0.0510. The summed E-state index contributed by atoms with van der Waals surface area (Å²) in [4.78, 5) is 15.2. The van der Waals surface area contributed by atoms with Gasteiger partial charge in [-0.2, -0.15) is 5.21 Å². The van der Waals surface area contributed by atoms with E-state index in [0.29, 0.717) is 30.2 Å². The van der Waals surface area contributed by atoms with Gasteiger partial charge in [0.05, 0.1) is 17.1 Å². The minimum Gasteiger partial charge on any atom is -0.366 e. The third-order valence-corrected chi connectivity index (χ3v) is 6.99. The Bertz CT molecular complexity index is 1450. The molecule has 1 aliphatic carbocycles. The molecule has 0 aliphatic heterocycles. The molecule has 2 amide bonds. The number of carbonyl (C=O) groups is 1. The Morgan fingerprint density at radius 2 is 1.90 bits per heavy atom. The number of nitrogens with one attached hydrogen (secondary N) is 3. The van der Waals surface area contributed by atoms with Crippen molar-refractivity contribution < 1.29 is 18.0 Å². The van der Waals surface area contributed by atoms with Gasteiger partial charge >= 0.3 is 6.03 Å². The van der Waals surface area contributed by atoms with E-state index in [2.05, 4.69) is 37.2 Å². The second-order valence-corrected chi connectivity index (χ2v) is 10.6. The molecule has 4 rings (SSSR count). The van der Waals surface area contributed by atoms with Gasteiger partial charge in [0.25, 0.3) is 0 Å². The van der Waals surface area contributed by atoms with Crippen molar-refractivity contribution in [2.75, 3.05) is 11.9 Å². The number of carbonyl (C=O) groups excluding carboxylic acids is 1. The molecular weight excluding hydrogens is 543 g/mol. The molecule has 11 heteroatoms. The first kappa shape index (κ1) is 30.4. The molecule has 1 aromatic heterocycles. The van der Waals surface area contributed by atoms with E-state index in [1.165, 1.54) is 24.3 Å². The van der Waals surface area contributed by atoms with Crippen LogP contribution < -0.4 is 10.6 Å². The number of anilines is 1. The number of alkyl halides is 2. The zero-order valence-corrected chi connectivity index (χ0v) is 23.6. The summed E-state index contributed by atoms with van der Waals surface area (Å²) < 4.78 is 42.5. The van der Waals surface area contributed by atoms with Crippen LogP contribution >= 0.6 is 0 Å². The number of nitrogens with zero attached hydrogens (tertiary/aromatic N) is 4. The number of benzene rings is 2. The van der Waals surface area contributed by atoms with Crippen molar-refractivity contribution in [2.45, 2.75) is 57.9 Å². The van der Waals surface area contributed by atoms with E-state index in [-0.39, 0.29) is 43.3 Å². The van der Waals surface area contributed by atoms with Crippen LogP contribution in [0.4, 0.5) is 23.7 Å². The normalized spacial score (nSPS) is 15.7. The molecule has 0 unspecified atom stereocenters. The molecule has 0 saturated heterocycles. The number of terminal acetylenes is 1. The predicted octanol–water partition coefficient (Wildman–Crippen LogP) is 6.31. The van der Waals surface area contributed by atoms with Crippen molar-refractivity contribution in [3.8, 4) is 23.7 Å². The summed E-state index contributed by atoms with van der Waals surface area (Å²) in [6.07, 6.45) is 9.54. The lowest BCUT2D eigenvalue weighted by Crippen LogP contribution is -2.44. The van der Waals surface area contributed by atoms with Gasteiger partial charge in [0.1, 0.15) is 5.82 Å². The van der Waals surface area contributed by atoms with Gasteiger partial charge in [-0.25, -0.2) is 18.0 Å². The molecule has 1 aliphatic rings. The van der Waals surface area contributed by atoms with E-state index in [0.717, 1.165) is 11.1 Å². The summed E-state index contributed by atoms with van der Waals surface area (Å²) >= 11 is 0. The Kier molecular flexibility index (Phi) is 10.0. The zero-order chi connectivity index (χ0) is 30.1. The summed E-state index contributed by atoms with van der Waals surface area (Å²) in [5, 5.41) is 19.7. The Balaban J connectivity index is 1.72. The number of rotatable bonds is 10. The second kappa shape index (κ2) is 13.9. The van der Waals surface area contributed by atoms with E-state index in [4.69, 9.17) is 6.42 Å². The maximum atomic E-state index is 14.3. The van der Waals surface area contributed by atoms with Gasteiger partial charge in [-0.1, -0.05) is 62.2 Å². The Hall–Kier alpha value is -4.59. The molecular formula is C31H34F3N7O. The molecule has 0 bridgehead atoms. The molecule has 1 saturated carbocycles. The summed E-state index contributed by atoms with van der Waals surface area (Å²) in [5.41, 5.74) is 2.48. The van der Waals surface area contributed by atoms with Gasteiger partial charge in [-0.3, -0.25) is 0 Å². The fourth-order valence-electron chi connectivity index (χ4n) is 5.03. The largest absolute Gasteiger partial charge is 0.366 e. The van der Waals surface area contributed by atoms with Crippen molar-refractivity contribution in [2.24, 2.45) is 5.92 Å². The standard InChI is InChI=1S/C31H34F3N7O/c1-4-9-28(41(20-21(2)3)23-16-18-31(33,34)19-17-23)27(36-30(42)35-26-13-8-7-12-25(26)32)15-14-22-10-5-6-11-24(22)29-37-39-40-38-29/h1,5-13,15,21,23H,14,16-20H2,2-3H3,(H2,35,36,42)(H,37,38,39,40)/b27-15+,28-9+. The number of H-pyrrole nitrogens is 1. The van der Waals surface area contributed by atoms with Crippen molar-refractivity contribution >= 4 is 11.7 Å². The van der Waals surface area contributed by atoms with Crippen molar-refractivity contribution in [1.29, 1.82) is 0 Å². The maximum absolute atomic E-state index is 14.3. The molecule has 3 aromatic rings. The van der Waals surface area contributed by atoms with Crippen LogP contribution in [0.25, 0.3) is 11.4 Å². The van der Waals surface area contributed by atoms with E-state index < -0.39 is 17.8 Å².